The number of nitrogens with zero attached hydrogens (tertiary/aromatic N) is 3. The second kappa shape index (κ2) is 7.26. The summed E-state index contributed by atoms with van der Waals surface area (Å²) in [5.74, 6) is 0.439. The lowest BCUT2D eigenvalue weighted by Crippen LogP contribution is -2.31. The zero-order chi connectivity index (χ0) is 15.9. The summed E-state index contributed by atoms with van der Waals surface area (Å²) in [6.07, 6.45) is 5.47. The maximum atomic E-state index is 5.96. The first-order valence-corrected chi connectivity index (χ1v) is 7.47. The van der Waals surface area contributed by atoms with Crippen LogP contribution in [0.2, 0.25) is 0 Å². The predicted molar refractivity (Wildman–Crippen MR) is 92.2 cm³/mol. The van der Waals surface area contributed by atoms with Gasteiger partial charge in [-0.25, -0.2) is 9.98 Å². The van der Waals surface area contributed by atoms with Gasteiger partial charge in [-0.2, -0.15) is 0 Å². The smallest absolute Gasteiger partial charge is 0.189 e. The summed E-state index contributed by atoms with van der Waals surface area (Å²) in [7, 11) is 0. The molecule has 5 heteroatoms. The number of rotatable bonds is 5. The van der Waals surface area contributed by atoms with E-state index in [1.165, 1.54) is 0 Å². The molecule has 0 atom stereocenters. The van der Waals surface area contributed by atoms with E-state index in [1.807, 2.05) is 53.2 Å². The van der Waals surface area contributed by atoms with E-state index in [0.29, 0.717) is 19.0 Å². The Labute approximate surface area is 135 Å². The molecule has 0 saturated heterocycles. The van der Waals surface area contributed by atoms with Crippen molar-refractivity contribution in [2.45, 2.75) is 13.1 Å². The molecule has 0 aliphatic carbocycles. The van der Waals surface area contributed by atoms with E-state index in [1.54, 1.807) is 12.5 Å². The largest absolute Gasteiger partial charge is 0.370 e. The Balaban J connectivity index is 1.64. The summed E-state index contributed by atoms with van der Waals surface area (Å²) in [4.78, 5) is 8.46. The van der Waals surface area contributed by atoms with Gasteiger partial charge in [-0.05, 0) is 17.2 Å². The molecule has 5 nitrogen and oxygen atoms in total. The van der Waals surface area contributed by atoms with Gasteiger partial charge in [-0.3, -0.25) is 0 Å². The zero-order valence-corrected chi connectivity index (χ0v) is 12.8. The summed E-state index contributed by atoms with van der Waals surface area (Å²) in [6, 6.07) is 18.2. The highest BCUT2D eigenvalue weighted by Gasteiger charge is 2.03. The average molecular weight is 305 g/mol. The van der Waals surface area contributed by atoms with E-state index in [9.17, 15) is 0 Å². The molecule has 0 amide bonds. The maximum Gasteiger partial charge on any atom is 0.189 e. The topological polar surface area (TPSA) is 68.2 Å². The number of aromatic nitrogens is 2. The lowest BCUT2D eigenvalue weighted by atomic mass is 10.1. The van der Waals surface area contributed by atoms with Crippen LogP contribution < -0.4 is 11.1 Å². The van der Waals surface area contributed by atoms with Crippen LogP contribution in [0.25, 0.3) is 5.69 Å². The van der Waals surface area contributed by atoms with Gasteiger partial charge in [0, 0.05) is 18.9 Å². The quantitative estimate of drug-likeness (QED) is 0.562. The highest BCUT2D eigenvalue weighted by atomic mass is 15.1. The van der Waals surface area contributed by atoms with Crippen molar-refractivity contribution in [3.05, 3.63) is 84.4 Å². The third-order valence-corrected chi connectivity index (χ3v) is 3.51. The molecule has 116 valence electrons. The normalized spacial score (nSPS) is 11.4. The SMILES string of the molecule is NC(=NCc1ccccc1)NCc1ccccc1-n1ccnc1. The van der Waals surface area contributed by atoms with Crippen LogP contribution in [-0.4, -0.2) is 15.5 Å². The highest BCUT2D eigenvalue weighted by molar-refractivity contribution is 5.77. The second-order valence-electron chi connectivity index (χ2n) is 5.14. The molecule has 3 aromatic rings. The van der Waals surface area contributed by atoms with Gasteiger partial charge in [0.1, 0.15) is 0 Å². The van der Waals surface area contributed by atoms with Crippen LogP contribution in [0, 0.1) is 0 Å². The number of guanidine groups is 1. The number of imidazole rings is 1. The summed E-state index contributed by atoms with van der Waals surface area (Å²) >= 11 is 0. The number of benzene rings is 2. The zero-order valence-electron chi connectivity index (χ0n) is 12.8. The molecule has 0 aliphatic heterocycles. The van der Waals surface area contributed by atoms with Crippen molar-refractivity contribution in [2.24, 2.45) is 10.7 Å². The molecule has 1 aromatic heterocycles. The van der Waals surface area contributed by atoms with Gasteiger partial charge in [0.15, 0.2) is 5.96 Å². The molecule has 2 aromatic carbocycles. The number of nitrogens with two attached hydrogens (primary N) is 1. The van der Waals surface area contributed by atoms with Crippen molar-refractivity contribution in [3.8, 4) is 5.69 Å². The van der Waals surface area contributed by atoms with Crippen molar-refractivity contribution in [3.63, 3.8) is 0 Å². The van der Waals surface area contributed by atoms with Gasteiger partial charge in [-0.1, -0.05) is 48.5 Å². The fraction of sp³-hybridized carbons (Fsp3) is 0.111. The summed E-state index contributed by atoms with van der Waals surface area (Å²) in [6.45, 7) is 1.18. The third kappa shape index (κ3) is 3.97. The first kappa shape index (κ1) is 14.8. The van der Waals surface area contributed by atoms with Crippen LogP contribution in [0.5, 0.6) is 0 Å². The molecule has 0 aliphatic rings. The minimum Gasteiger partial charge on any atom is -0.370 e. The molecule has 3 rings (SSSR count). The molecule has 0 saturated carbocycles. The van der Waals surface area contributed by atoms with Crippen LogP contribution >= 0.6 is 0 Å². The van der Waals surface area contributed by atoms with Gasteiger partial charge >= 0.3 is 0 Å². The lowest BCUT2D eigenvalue weighted by Gasteiger charge is -2.11. The molecule has 1 heterocycles. The average Bonchev–Trinajstić information content (AvgIpc) is 3.14. The summed E-state index contributed by atoms with van der Waals surface area (Å²) < 4.78 is 1.98. The van der Waals surface area contributed by atoms with Gasteiger partial charge in [-0.15, -0.1) is 0 Å². The monoisotopic (exact) mass is 305 g/mol. The molecular weight excluding hydrogens is 286 g/mol. The molecule has 0 fully saturated rings. The Morgan fingerprint density at radius 1 is 1.09 bits per heavy atom. The fourth-order valence-electron chi connectivity index (χ4n) is 2.32. The van der Waals surface area contributed by atoms with Crippen molar-refractivity contribution < 1.29 is 0 Å². The standard InChI is InChI=1S/C18H19N5/c19-18(21-12-15-6-2-1-3-7-15)22-13-16-8-4-5-9-17(16)23-11-10-20-14-23/h1-11,14H,12-13H2,(H3,19,21,22). The van der Waals surface area contributed by atoms with Crippen LogP contribution in [-0.2, 0) is 13.1 Å². The molecule has 3 N–H and O–H groups in total. The Bertz CT molecular complexity index is 763. The van der Waals surface area contributed by atoms with E-state index in [4.69, 9.17) is 5.73 Å². The van der Waals surface area contributed by atoms with E-state index in [2.05, 4.69) is 27.4 Å². The second-order valence-corrected chi connectivity index (χ2v) is 5.14. The third-order valence-electron chi connectivity index (χ3n) is 3.51. The van der Waals surface area contributed by atoms with Crippen molar-refractivity contribution in [1.82, 2.24) is 14.9 Å². The van der Waals surface area contributed by atoms with E-state index < -0.39 is 0 Å². The van der Waals surface area contributed by atoms with Crippen LogP contribution in [0.15, 0.2) is 78.3 Å². The Kier molecular flexibility index (Phi) is 4.69. The Hall–Kier alpha value is -3.08. The predicted octanol–water partition coefficient (Wildman–Crippen LogP) is 2.48. The number of hydrogen-bond donors (Lipinski definition) is 2. The van der Waals surface area contributed by atoms with Gasteiger partial charge in [0.05, 0.1) is 18.6 Å². The summed E-state index contributed by atoms with van der Waals surface area (Å²) in [5.41, 5.74) is 9.30. The van der Waals surface area contributed by atoms with Crippen LogP contribution in [0.3, 0.4) is 0 Å². The van der Waals surface area contributed by atoms with Crippen LogP contribution in [0.4, 0.5) is 0 Å². The van der Waals surface area contributed by atoms with Gasteiger partial charge in [0.25, 0.3) is 0 Å². The molecule has 0 radical (unpaired) electrons. The van der Waals surface area contributed by atoms with E-state index >= 15 is 0 Å². The lowest BCUT2D eigenvalue weighted by molar-refractivity contribution is 0.868. The highest BCUT2D eigenvalue weighted by Crippen LogP contribution is 2.13. The molecule has 0 unspecified atom stereocenters. The van der Waals surface area contributed by atoms with Crippen LogP contribution in [0.1, 0.15) is 11.1 Å². The number of nitrogens with one attached hydrogen (secondary N) is 1. The molecular formula is C18H19N5. The first-order valence-electron chi connectivity index (χ1n) is 7.47. The number of hydrogen-bond acceptors (Lipinski definition) is 2. The number of para-hydroxylation sites is 1. The summed E-state index contributed by atoms with van der Waals surface area (Å²) in [5, 5.41) is 3.17. The van der Waals surface area contributed by atoms with E-state index in [-0.39, 0.29) is 0 Å². The van der Waals surface area contributed by atoms with Crippen molar-refractivity contribution >= 4 is 5.96 Å². The molecule has 23 heavy (non-hydrogen) atoms. The number of aliphatic imine (C=N–C) groups is 1. The first-order chi connectivity index (χ1) is 11.3. The van der Waals surface area contributed by atoms with Crippen molar-refractivity contribution in [2.75, 3.05) is 0 Å². The van der Waals surface area contributed by atoms with Gasteiger partial charge < -0.3 is 15.6 Å². The fourth-order valence-corrected chi connectivity index (χ4v) is 2.32. The van der Waals surface area contributed by atoms with Gasteiger partial charge in [0.2, 0.25) is 0 Å². The Morgan fingerprint density at radius 2 is 1.87 bits per heavy atom. The van der Waals surface area contributed by atoms with E-state index in [0.717, 1.165) is 16.8 Å². The molecule has 0 bridgehead atoms. The Morgan fingerprint density at radius 3 is 2.65 bits per heavy atom. The minimum absolute atomic E-state index is 0.439. The maximum absolute atomic E-state index is 5.96. The molecule has 0 spiro atoms. The minimum atomic E-state index is 0.439. The van der Waals surface area contributed by atoms with Crippen molar-refractivity contribution in [1.29, 1.82) is 0 Å².